The van der Waals surface area contributed by atoms with E-state index in [2.05, 4.69) is 0 Å². The topological polar surface area (TPSA) is 77.5 Å². The van der Waals surface area contributed by atoms with Crippen molar-refractivity contribution in [3.05, 3.63) is 0 Å². The lowest BCUT2D eigenvalue weighted by Gasteiger charge is -2.15. The standard InChI is InChI=1S/C5H11NO4S2/c7-11(8)5-12(9,10)6-3-1-2-4-6/h1-5H2,(H,7,8)/p-1. The van der Waals surface area contributed by atoms with E-state index in [1.165, 1.54) is 4.31 Å². The lowest BCUT2D eigenvalue weighted by Crippen LogP contribution is -2.31. The molecule has 0 aromatic heterocycles. The predicted molar refractivity (Wildman–Crippen MR) is 43.5 cm³/mol. The fraction of sp³-hybridized carbons (Fsp3) is 1.00. The fourth-order valence-electron chi connectivity index (χ4n) is 1.16. The number of rotatable bonds is 3. The third-order valence-corrected chi connectivity index (χ3v) is 4.82. The van der Waals surface area contributed by atoms with Crippen molar-refractivity contribution >= 4 is 21.1 Å². The molecular formula is C5H10NO4S2-. The van der Waals surface area contributed by atoms with Crippen molar-refractivity contribution in [3.8, 4) is 0 Å². The molecule has 12 heavy (non-hydrogen) atoms. The molecule has 0 aliphatic carbocycles. The van der Waals surface area contributed by atoms with Crippen LogP contribution >= 0.6 is 0 Å². The monoisotopic (exact) mass is 212 g/mol. The lowest BCUT2D eigenvalue weighted by molar-refractivity contribution is 0.479. The third-order valence-electron chi connectivity index (χ3n) is 1.70. The first-order chi connectivity index (χ1) is 5.52. The van der Waals surface area contributed by atoms with Gasteiger partial charge < -0.3 is 4.55 Å². The molecule has 1 aliphatic heterocycles. The smallest absolute Gasteiger partial charge is 0.224 e. The maximum Gasteiger partial charge on any atom is 0.224 e. The molecule has 0 N–H and O–H groups in total. The Hall–Kier alpha value is 0.0200. The van der Waals surface area contributed by atoms with Gasteiger partial charge in [0.05, 0.1) is 0 Å². The SMILES string of the molecule is O=S([O-])CS(=O)(=O)N1CCCC1. The first-order valence-corrected chi connectivity index (χ1v) is 6.41. The molecule has 1 saturated heterocycles. The molecule has 72 valence electrons. The average molecular weight is 212 g/mol. The number of hydrogen-bond acceptors (Lipinski definition) is 4. The predicted octanol–water partition coefficient (Wildman–Crippen LogP) is -0.751. The van der Waals surface area contributed by atoms with Crippen molar-refractivity contribution in [2.24, 2.45) is 0 Å². The Morgan fingerprint density at radius 2 is 1.83 bits per heavy atom. The van der Waals surface area contributed by atoms with E-state index in [4.69, 9.17) is 0 Å². The van der Waals surface area contributed by atoms with Crippen LogP contribution in [0.5, 0.6) is 0 Å². The molecule has 0 spiro atoms. The Labute approximate surface area is 74.1 Å². The van der Waals surface area contributed by atoms with Crippen molar-refractivity contribution in [2.45, 2.75) is 12.8 Å². The largest absolute Gasteiger partial charge is 0.772 e. The minimum atomic E-state index is -3.54. The zero-order valence-electron chi connectivity index (χ0n) is 6.43. The van der Waals surface area contributed by atoms with Crippen LogP contribution in [0, 0.1) is 0 Å². The van der Waals surface area contributed by atoms with Gasteiger partial charge in [-0.15, -0.1) is 0 Å². The molecular weight excluding hydrogens is 202 g/mol. The van der Waals surface area contributed by atoms with Crippen molar-refractivity contribution in [1.82, 2.24) is 4.31 Å². The van der Waals surface area contributed by atoms with Gasteiger partial charge in [-0.2, -0.15) is 0 Å². The Kier molecular flexibility index (Phi) is 3.22. The summed E-state index contributed by atoms with van der Waals surface area (Å²) in [7, 11) is -3.54. The van der Waals surface area contributed by atoms with E-state index in [1.54, 1.807) is 0 Å². The molecule has 0 amide bonds. The summed E-state index contributed by atoms with van der Waals surface area (Å²) >= 11 is -2.51. The van der Waals surface area contributed by atoms with Crippen LogP contribution in [0.1, 0.15) is 12.8 Å². The first-order valence-electron chi connectivity index (χ1n) is 3.56. The van der Waals surface area contributed by atoms with Crippen LogP contribution in [-0.2, 0) is 21.1 Å². The van der Waals surface area contributed by atoms with Gasteiger partial charge in [-0.1, -0.05) is 0 Å². The maximum atomic E-state index is 11.2. The Morgan fingerprint density at radius 3 is 2.25 bits per heavy atom. The zero-order chi connectivity index (χ0) is 9.19. The molecule has 1 heterocycles. The Balaban J connectivity index is 2.64. The molecule has 0 aromatic carbocycles. The van der Waals surface area contributed by atoms with Crippen molar-refractivity contribution in [1.29, 1.82) is 0 Å². The molecule has 0 aromatic rings. The van der Waals surface area contributed by atoms with Gasteiger partial charge in [0.25, 0.3) is 0 Å². The third kappa shape index (κ3) is 2.51. The molecule has 1 rings (SSSR count). The number of sulfonamides is 1. The van der Waals surface area contributed by atoms with E-state index in [0.29, 0.717) is 13.1 Å². The molecule has 1 atom stereocenters. The van der Waals surface area contributed by atoms with Crippen LogP contribution in [0.2, 0.25) is 0 Å². The van der Waals surface area contributed by atoms with Gasteiger partial charge in [0.1, 0.15) is 5.08 Å². The van der Waals surface area contributed by atoms with Crippen LogP contribution in [0.25, 0.3) is 0 Å². The summed E-state index contributed by atoms with van der Waals surface area (Å²) < 4.78 is 43.9. The van der Waals surface area contributed by atoms with E-state index < -0.39 is 26.2 Å². The molecule has 0 saturated carbocycles. The minimum absolute atomic E-state index is 0.458. The molecule has 0 bridgehead atoms. The van der Waals surface area contributed by atoms with Gasteiger partial charge in [-0.3, -0.25) is 4.21 Å². The molecule has 7 heteroatoms. The first kappa shape index (κ1) is 10.1. The van der Waals surface area contributed by atoms with Crippen molar-refractivity contribution in [2.75, 3.05) is 18.2 Å². The van der Waals surface area contributed by atoms with E-state index in [1.807, 2.05) is 0 Å². The van der Waals surface area contributed by atoms with Crippen LogP contribution < -0.4 is 0 Å². The van der Waals surface area contributed by atoms with Crippen LogP contribution in [0.4, 0.5) is 0 Å². The van der Waals surface area contributed by atoms with Crippen LogP contribution in [0.15, 0.2) is 0 Å². The maximum absolute atomic E-state index is 11.2. The van der Waals surface area contributed by atoms with Gasteiger partial charge in [0.2, 0.25) is 10.0 Å². The summed E-state index contributed by atoms with van der Waals surface area (Å²) in [5.41, 5.74) is 0. The van der Waals surface area contributed by atoms with E-state index in [-0.39, 0.29) is 0 Å². The van der Waals surface area contributed by atoms with Gasteiger partial charge in [0.15, 0.2) is 0 Å². The van der Waals surface area contributed by atoms with Crippen LogP contribution in [-0.4, -0.2) is 39.7 Å². The average Bonchev–Trinajstić information content (AvgIpc) is 2.32. The lowest BCUT2D eigenvalue weighted by atomic mass is 10.4. The summed E-state index contributed by atoms with van der Waals surface area (Å²) in [5, 5.41) is -0.785. The Bertz CT molecular complexity index is 267. The molecule has 1 aliphatic rings. The van der Waals surface area contributed by atoms with E-state index >= 15 is 0 Å². The second-order valence-electron chi connectivity index (χ2n) is 2.64. The summed E-state index contributed by atoms with van der Waals surface area (Å²) in [4.78, 5) is 0. The second kappa shape index (κ2) is 3.82. The summed E-state index contributed by atoms with van der Waals surface area (Å²) in [6, 6.07) is 0. The Morgan fingerprint density at radius 1 is 1.33 bits per heavy atom. The minimum Gasteiger partial charge on any atom is -0.772 e. The summed E-state index contributed by atoms with van der Waals surface area (Å²) in [6.07, 6.45) is 1.65. The highest BCUT2D eigenvalue weighted by Crippen LogP contribution is 2.13. The van der Waals surface area contributed by atoms with Crippen molar-refractivity contribution < 1.29 is 17.2 Å². The summed E-state index contributed by atoms with van der Waals surface area (Å²) in [5.74, 6) is 0. The molecule has 1 unspecified atom stereocenters. The number of nitrogens with zero attached hydrogens (tertiary/aromatic N) is 1. The van der Waals surface area contributed by atoms with E-state index in [9.17, 15) is 17.2 Å². The fourth-order valence-corrected chi connectivity index (χ4v) is 3.55. The van der Waals surface area contributed by atoms with E-state index in [0.717, 1.165) is 12.8 Å². The second-order valence-corrected chi connectivity index (χ2v) is 5.87. The normalized spacial score (nSPS) is 22.8. The number of hydrogen-bond donors (Lipinski definition) is 0. The summed E-state index contributed by atoms with van der Waals surface area (Å²) in [6.45, 7) is 0.916. The van der Waals surface area contributed by atoms with Crippen molar-refractivity contribution in [3.63, 3.8) is 0 Å². The molecule has 1 fully saturated rings. The molecule has 0 radical (unpaired) electrons. The van der Waals surface area contributed by atoms with Crippen LogP contribution in [0.3, 0.4) is 0 Å². The highest BCUT2D eigenvalue weighted by Gasteiger charge is 2.24. The highest BCUT2D eigenvalue weighted by molar-refractivity contribution is 8.01. The highest BCUT2D eigenvalue weighted by atomic mass is 32.3. The quantitative estimate of drug-likeness (QED) is 0.577. The van der Waals surface area contributed by atoms with Gasteiger partial charge in [-0.25, -0.2) is 12.7 Å². The zero-order valence-corrected chi connectivity index (χ0v) is 8.07. The van der Waals surface area contributed by atoms with Gasteiger partial charge in [0, 0.05) is 13.1 Å². The van der Waals surface area contributed by atoms with Gasteiger partial charge >= 0.3 is 0 Å². The molecule has 5 nitrogen and oxygen atoms in total. The van der Waals surface area contributed by atoms with Gasteiger partial charge in [-0.05, 0) is 23.9 Å².